The van der Waals surface area contributed by atoms with E-state index in [2.05, 4.69) is 20.5 Å². The lowest BCUT2D eigenvalue weighted by atomic mass is 10.1. The molecule has 32 heavy (non-hydrogen) atoms. The van der Waals surface area contributed by atoms with Crippen molar-refractivity contribution in [1.82, 2.24) is 4.98 Å². The number of thioether (sulfide) groups is 1. The molecular formula is C24H20F2N4OS. The van der Waals surface area contributed by atoms with Crippen LogP contribution in [-0.2, 0) is 6.54 Å². The summed E-state index contributed by atoms with van der Waals surface area (Å²) in [4.78, 5) is 18.8. The summed E-state index contributed by atoms with van der Waals surface area (Å²) in [6.45, 7) is 1.18. The maximum atomic E-state index is 13.6. The zero-order chi connectivity index (χ0) is 22.1. The zero-order valence-corrected chi connectivity index (χ0v) is 17.8. The first-order valence-corrected chi connectivity index (χ1v) is 11.1. The third kappa shape index (κ3) is 4.27. The van der Waals surface area contributed by atoms with Crippen LogP contribution in [0.4, 0.5) is 30.6 Å². The molecule has 8 heteroatoms. The monoisotopic (exact) mass is 450 g/mol. The molecule has 1 aliphatic heterocycles. The number of nitrogens with zero attached hydrogens (tertiary/aromatic N) is 1. The van der Waals surface area contributed by atoms with E-state index < -0.39 is 11.6 Å². The summed E-state index contributed by atoms with van der Waals surface area (Å²) in [5.74, 6) is -0.310. The van der Waals surface area contributed by atoms with Crippen LogP contribution >= 0.6 is 11.8 Å². The number of carbonyl (C=O) groups excluding carboxylic acids is 1. The molecule has 162 valence electrons. The van der Waals surface area contributed by atoms with Crippen LogP contribution in [0.1, 0.15) is 5.56 Å². The fourth-order valence-electron chi connectivity index (χ4n) is 3.90. The molecule has 0 radical (unpaired) electrons. The molecule has 3 N–H and O–H groups in total. The lowest BCUT2D eigenvalue weighted by Crippen LogP contribution is -2.28. The van der Waals surface area contributed by atoms with Gasteiger partial charge in [-0.25, -0.2) is 13.6 Å². The van der Waals surface area contributed by atoms with E-state index in [1.54, 1.807) is 18.0 Å². The van der Waals surface area contributed by atoms with Gasteiger partial charge in [0.15, 0.2) is 0 Å². The molecule has 2 amide bonds. The van der Waals surface area contributed by atoms with Gasteiger partial charge in [0.1, 0.15) is 11.6 Å². The first kappa shape index (κ1) is 20.4. The Labute approximate surface area is 187 Å². The fraction of sp³-hybridized carbons (Fsp3) is 0.125. The molecule has 3 aromatic carbocycles. The van der Waals surface area contributed by atoms with Gasteiger partial charge in [-0.3, -0.25) is 0 Å². The molecule has 5 rings (SSSR count). The van der Waals surface area contributed by atoms with E-state index in [1.165, 1.54) is 12.1 Å². The topological polar surface area (TPSA) is 60.2 Å². The van der Waals surface area contributed by atoms with E-state index >= 15 is 0 Å². The molecule has 2 heterocycles. The van der Waals surface area contributed by atoms with Gasteiger partial charge < -0.3 is 20.5 Å². The number of fused-ring (bicyclic) bond motifs is 2. The number of para-hydroxylation sites is 1. The number of amides is 2. The highest BCUT2D eigenvalue weighted by atomic mass is 32.2. The van der Waals surface area contributed by atoms with E-state index in [4.69, 9.17) is 0 Å². The Morgan fingerprint density at radius 3 is 2.69 bits per heavy atom. The summed E-state index contributed by atoms with van der Waals surface area (Å²) >= 11 is 1.69. The van der Waals surface area contributed by atoms with Crippen molar-refractivity contribution < 1.29 is 13.6 Å². The summed E-state index contributed by atoms with van der Waals surface area (Å²) in [5.41, 5.74) is 3.89. The van der Waals surface area contributed by atoms with Gasteiger partial charge in [0.25, 0.3) is 0 Å². The van der Waals surface area contributed by atoms with Crippen LogP contribution in [0.15, 0.2) is 71.8 Å². The van der Waals surface area contributed by atoms with Crippen LogP contribution in [0.2, 0.25) is 0 Å². The number of carbonyl (C=O) groups is 1. The minimum absolute atomic E-state index is 0.331. The van der Waals surface area contributed by atoms with Crippen molar-refractivity contribution in [2.24, 2.45) is 0 Å². The van der Waals surface area contributed by atoms with Crippen molar-refractivity contribution in [3.8, 4) is 0 Å². The zero-order valence-electron chi connectivity index (χ0n) is 17.0. The number of hydrogen-bond donors (Lipinski definition) is 3. The number of aromatic amines is 1. The Morgan fingerprint density at radius 2 is 1.84 bits per heavy atom. The van der Waals surface area contributed by atoms with Gasteiger partial charge in [0.05, 0.1) is 11.4 Å². The van der Waals surface area contributed by atoms with Crippen molar-refractivity contribution in [3.05, 3.63) is 84.1 Å². The minimum atomic E-state index is -0.577. The molecular weight excluding hydrogens is 430 g/mol. The van der Waals surface area contributed by atoms with Crippen LogP contribution in [0.5, 0.6) is 0 Å². The second-order valence-electron chi connectivity index (χ2n) is 7.56. The molecule has 0 fully saturated rings. The number of aromatic nitrogens is 1. The molecule has 1 aliphatic rings. The van der Waals surface area contributed by atoms with Gasteiger partial charge >= 0.3 is 6.03 Å². The largest absolute Gasteiger partial charge is 0.365 e. The predicted octanol–water partition coefficient (Wildman–Crippen LogP) is 6.20. The van der Waals surface area contributed by atoms with E-state index in [0.717, 1.165) is 39.8 Å². The first-order chi connectivity index (χ1) is 15.5. The summed E-state index contributed by atoms with van der Waals surface area (Å²) in [6.07, 6.45) is 1.76. The first-order valence-electron chi connectivity index (χ1n) is 10.2. The number of urea groups is 1. The molecule has 4 aromatic rings. The summed E-state index contributed by atoms with van der Waals surface area (Å²) in [6, 6.07) is 16.7. The van der Waals surface area contributed by atoms with Gasteiger partial charge in [-0.15, -0.1) is 11.8 Å². The SMILES string of the molecule is O=C(Nc1ccc2c(c1)SCCN2Cc1cc(F)cc(F)c1)Nc1c[nH]c2ccccc12. The van der Waals surface area contributed by atoms with Crippen molar-refractivity contribution in [1.29, 1.82) is 0 Å². The van der Waals surface area contributed by atoms with Gasteiger partial charge in [-0.05, 0) is 42.0 Å². The Kier molecular flexibility index (Phi) is 5.45. The smallest absolute Gasteiger partial charge is 0.323 e. The normalized spacial score (nSPS) is 13.1. The van der Waals surface area contributed by atoms with E-state index in [0.29, 0.717) is 23.5 Å². The third-order valence-corrected chi connectivity index (χ3v) is 6.34. The molecule has 1 aromatic heterocycles. The van der Waals surface area contributed by atoms with Gasteiger partial charge in [-0.2, -0.15) is 0 Å². The highest BCUT2D eigenvalue weighted by molar-refractivity contribution is 7.99. The minimum Gasteiger partial charge on any atom is -0.365 e. The average Bonchev–Trinajstić information content (AvgIpc) is 3.16. The molecule has 0 bridgehead atoms. The van der Waals surface area contributed by atoms with E-state index in [1.807, 2.05) is 42.5 Å². The standard InChI is InChI=1S/C24H20F2N4OS/c25-16-9-15(10-17(26)11-16)14-30-7-8-32-23-12-18(5-6-22(23)30)28-24(31)29-21-13-27-20-4-2-1-3-19(20)21/h1-6,9-13,27H,7-8,14H2,(H2,28,29,31). The number of nitrogens with one attached hydrogen (secondary N) is 3. The number of hydrogen-bond acceptors (Lipinski definition) is 3. The molecule has 0 saturated carbocycles. The number of anilines is 3. The molecule has 0 spiro atoms. The average molecular weight is 451 g/mol. The Balaban J connectivity index is 1.30. The van der Waals surface area contributed by atoms with Crippen LogP contribution in [0.25, 0.3) is 10.9 Å². The maximum Gasteiger partial charge on any atom is 0.323 e. The second-order valence-corrected chi connectivity index (χ2v) is 8.69. The number of halogens is 2. The predicted molar refractivity (Wildman–Crippen MR) is 126 cm³/mol. The van der Waals surface area contributed by atoms with E-state index in [9.17, 15) is 13.6 Å². The Morgan fingerprint density at radius 1 is 1.03 bits per heavy atom. The molecule has 0 saturated heterocycles. The Hall–Kier alpha value is -3.52. The van der Waals surface area contributed by atoms with Gasteiger partial charge in [0.2, 0.25) is 0 Å². The number of rotatable bonds is 4. The summed E-state index contributed by atoms with van der Waals surface area (Å²) in [7, 11) is 0. The van der Waals surface area contributed by atoms with Crippen molar-refractivity contribution in [2.75, 3.05) is 27.8 Å². The lowest BCUT2D eigenvalue weighted by Gasteiger charge is -2.31. The highest BCUT2D eigenvalue weighted by Crippen LogP contribution is 2.37. The van der Waals surface area contributed by atoms with Crippen LogP contribution in [-0.4, -0.2) is 23.3 Å². The van der Waals surface area contributed by atoms with Gasteiger partial charge in [-0.1, -0.05) is 18.2 Å². The number of H-pyrrole nitrogens is 1. The second kappa shape index (κ2) is 8.55. The van der Waals surface area contributed by atoms with Crippen molar-refractivity contribution in [2.45, 2.75) is 11.4 Å². The van der Waals surface area contributed by atoms with Crippen molar-refractivity contribution in [3.63, 3.8) is 0 Å². The highest BCUT2D eigenvalue weighted by Gasteiger charge is 2.19. The maximum absolute atomic E-state index is 13.6. The fourth-order valence-corrected chi connectivity index (χ4v) is 4.99. The van der Waals surface area contributed by atoms with Crippen LogP contribution < -0.4 is 15.5 Å². The molecule has 0 atom stereocenters. The van der Waals surface area contributed by atoms with E-state index in [-0.39, 0.29) is 6.03 Å². The quantitative estimate of drug-likeness (QED) is 0.347. The third-order valence-electron chi connectivity index (χ3n) is 5.31. The van der Waals surface area contributed by atoms with Crippen molar-refractivity contribution >= 4 is 45.8 Å². The molecule has 0 unspecified atom stereocenters. The number of benzene rings is 3. The van der Waals surface area contributed by atoms with Crippen LogP contribution in [0.3, 0.4) is 0 Å². The summed E-state index contributed by atoms with van der Waals surface area (Å²) < 4.78 is 27.1. The molecule has 5 nitrogen and oxygen atoms in total. The van der Waals surface area contributed by atoms with Gasteiger partial charge in [0, 0.05) is 52.6 Å². The lowest BCUT2D eigenvalue weighted by molar-refractivity contribution is 0.262. The Bertz CT molecular complexity index is 1290. The van der Waals surface area contributed by atoms with Crippen LogP contribution in [0, 0.1) is 11.6 Å². The molecule has 0 aliphatic carbocycles. The summed E-state index contributed by atoms with van der Waals surface area (Å²) in [5, 5.41) is 6.69.